The highest BCUT2D eigenvalue weighted by Gasteiger charge is 2.33. The molecule has 1 aromatic carbocycles. The maximum absolute atomic E-state index is 12.8. The molecule has 1 heterocycles. The number of esters is 1. The van der Waals surface area contributed by atoms with Gasteiger partial charge < -0.3 is 4.74 Å². The summed E-state index contributed by atoms with van der Waals surface area (Å²) in [7, 11) is -3.53. The molecule has 0 bridgehead atoms. The Hall–Kier alpha value is -1.73. The average molecular weight is 365 g/mol. The van der Waals surface area contributed by atoms with Gasteiger partial charge in [0.2, 0.25) is 10.0 Å². The molecule has 6 nitrogen and oxygen atoms in total. The van der Waals surface area contributed by atoms with Gasteiger partial charge >= 0.3 is 5.97 Å². The highest BCUT2D eigenvalue weighted by atomic mass is 32.2. The van der Waals surface area contributed by atoms with E-state index in [1.54, 1.807) is 12.1 Å². The van der Waals surface area contributed by atoms with Crippen LogP contribution in [0.3, 0.4) is 0 Å². The minimum absolute atomic E-state index is 0.204. The largest absolute Gasteiger partial charge is 0.457 e. The van der Waals surface area contributed by atoms with Crippen LogP contribution in [0, 0.1) is 5.92 Å². The number of benzene rings is 1. The number of Topliss-reactive ketones (excluding diaryl/α,β-unsaturated/α-hetero) is 1. The van der Waals surface area contributed by atoms with E-state index in [1.165, 1.54) is 16.8 Å². The third-order valence-corrected chi connectivity index (χ3v) is 6.81. The summed E-state index contributed by atoms with van der Waals surface area (Å²) >= 11 is 0. The summed E-state index contributed by atoms with van der Waals surface area (Å²) in [6.45, 7) is 1.73. The van der Waals surface area contributed by atoms with Crippen LogP contribution in [0.5, 0.6) is 0 Å². The average Bonchev–Trinajstić information content (AvgIpc) is 3.07. The van der Waals surface area contributed by atoms with Gasteiger partial charge in [-0.15, -0.1) is 0 Å². The highest BCUT2D eigenvalue weighted by Crippen LogP contribution is 2.28. The van der Waals surface area contributed by atoms with Crippen LogP contribution in [0.4, 0.5) is 0 Å². The van der Waals surface area contributed by atoms with Crippen LogP contribution in [0.25, 0.3) is 0 Å². The van der Waals surface area contributed by atoms with Crippen LogP contribution in [-0.4, -0.2) is 44.2 Å². The zero-order valence-electron chi connectivity index (χ0n) is 14.4. The lowest BCUT2D eigenvalue weighted by Crippen LogP contribution is -2.40. The smallest absolute Gasteiger partial charge is 0.309 e. The number of sulfonamides is 1. The first-order valence-corrected chi connectivity index (χ1v) is 10.1. The van der Waals surface area contributed by atoms with Gasteiger partial charge in [-0.2, -0.15) is 4.31 Å². The van der Waals surface area contributed by atoms with Gasteiger partial charge in [0, 0.05) is 13.1 Å². The zero-order valence-corrected chi connectivity index (χ0v) is 15.2. The molecule has 0 aromatic heterocycles. The second-order valence-corrected chi connectivity index (χ2v) is 8.71. The standard InChI is InChI=1S/C18H23NO5S/c1-13(20)12-24-18(21)15-7-9-19(10-8-15)25(22,23)17-6-5-14-3-2-4-16(14)11-17/h5-6,11,15H,2-4,7-10,12H2,1H3. The number of carbonyl (C=O) groups excluding carboxylic acids is 2. The number of piperidine rings is 1. The Morgan fingerprint density at radius 1 is 1.16 bits per heavy atom. The van der Waals surface area contributed by atoms with E-state index in [1.807, 2.05) is 6.07 Å². The molecule has 0 N–H and O–H groups in total. The van der Waals surface area contributed by atoms with Crippen molar-refractivity contribution < 1.29 is 22.7 Å². The Morgan fingerprint density at radius 3 is 2.52 bits per heavy atom. The Kier molecular flexibility index (Phi) is 5.24. The molecule has 1 aliphatic heterocycles. The van der Waals surface area contributed by atoms with Gasteiger partial charge in [-0.1, -0.05) is 6.07 Å². The predicted molar refractivity (Wildman–Crippen MR) is 91.6 cm³/mol. The maximum atomic E-state index is 12.8. The minimum atomic E-state index is -3.53. The lowest BCUT2D eigenvalue weighted by Gasteiger charge is -2.30. The fourth-order valence-electron chi connectivity index (χ4n) is 3.48. The van der Waals surface area contributed by atoms with Gasteiger partial charge in [0.1, 0.15) is 6.61 Å². The van der Waals surface area contributed by atoms with Crippen molar-refractivity contribution in [2.24, 2.45) is 5.92 Å². The van der Waals surface area contributed by atoms with E-state index in [4.69, 9.17) is 4.74 Å². The number of hydrogen-bond donors (Lipinski definition) is 0. The number of hydrogen-bond acceptors (Lipinski definition) is 5. The summed E-state index contributed by atoms with van der Waals surface area (Å²) in [4.78, 5) is 23.1. The molecule has 2 aliphatic rings. The van der Waals surface area contributed by atoms with Crippen molar-refractivity contribution in [1.82, 2.24) is 4.31 Å². The lowest BCUT2D eigenvalue weighted by molar-refractivity contribution is -0.152. The Morgan fingerprint density at radius 2 is 1.84 bits per heavy atom. The van der Waals surface area contributed by atoms with E-state index in [0.29, 0.717) is 30.8 Å². The lowest BCUT2D eigenvalue weighted by atomic mass is 9.98. The van der Waals surface area contributed by atoms with Crippen LogP contribution >= 0.6 is 0 Å². The molecule has 0 saturated carbocycles. The van der Waals surface area contributed by atoms with Crippen molar-refractivity contribution >= 4 is 21.8 Å². The summed E-state index contributed by atoms with van der Waals surface area (Å²) in [6, 6.07) is 5.40. The molecule has 0 atom stereocenters. The van der Waals surface area contributed by atoms with E-state index >= 15 is 0 Å². The number of ketones is 1. The fraction of sp³-hybridized carbons (Fsp3) is 0.556. The zero-order chi connectivity index (χ0) is 18.0. The van der Waals surface area contributed by atoms with E-state index in [9.17, 15) is 18.0 Å². The topological polar surface area (TPSA) is 80.8 Å². The van der Waals surface area contributed by atoms with Gasteiger partial charge in [-0.25, -0.2) is 8.42 Å². The maximum Gasteiger partial charge on any atom is 0.309 e. The van der Waals surface area contributed by atoms with Crippen molar-refractivity contribution in [1.29, 1.82) is 0 Å². The monoisotopic (exact) mass is 365 g/mol. The fourth-order valence-corrected chi connectivity index (χ4v) is 5.00. The van der Waals surface area contributed by atoms with E-state index in [2.05, 4.69) is 0 Å². The number of carbonyl (C=O) groups is 2. The number of ether oxygens (including phenoxy) is 1. The highest BCUT2D eigenvalue weighted by molar-refractivity contribution is 7.89. The third kappa shape index (κ3) is 3.93. The molecule has 0 spiro atoms. The molecular formula is C18H23NO5S. The molecule has 7 heteroatoms. The summed E-state index contributed by atoms with van der Waals surface area (Å²) in [5.41, 5.74) is 2.37. The van der Waals surface area contributed by atoms with E-state index in [-0.39, 0.29) is 18.3 Å². The Bertz CT molecular complexity index is 779. The van der Waals surface area contributed by atoms with Crippen molar-refractivity contribution in [2.45, 2.75) is 43.9 Å². The molecule has 1 aliphatic carbocycles. The van der Waals surface area contributed by atoms with Crippen LogP contribution in [-0.2, 0) is 37.2 Å². The Labute approximate surface area is 148 Å². The number of fused-ring (bicyclic) bond motifs is 1. The minimum Gasteiger partial charge on any atom is -0.457 e. The SMILES string of the molecule is CC(=O)COC(=O)C1CCN(S(=O)(=O)c2ccc3c(c2)CCC3)CC1. The molecule has 0 radical (unpaired) electrons. The van der Waals surface area contributed by atoms with Crippen molar-refractivity contribution in [3.63, 3.8) is 0 Å². The van der Waals surface area contributed by atoms with Gasteiger partial charge in [0.05, 0.1) is 10.8 Å². The normalized spacial score (nSPS) is 18.8. The molecule has 136 valence electrons. The van der Waals surface area contributed by atoms with Gasteiger partial charge in [0.15, 0.2) is 5.78 Å². The van der Waals surface area contributed by atoms with Crippen LogP contribution < -0.4 is 0 Å². The van der Waals surface area contributed by atoms with Crippen LogP contribution in [0.1, 0.15) is 37.3 Å². The van der Waals surface area contributed by atoms with Gasteiger partial charge in [-0.05, 0) is 62.3 Å². The quantitative estimate of drug-likeness (QED) is 0.742. The van der Waals surface area contributed by atoms with Crippen LogP contribution in [0.2, 0.25) is 0 Å². The van der Waals surface area contributed by atoms with Gasteiger partial charge in [-0.3, -0.25) is 9.59 Å². The molecule has 0 unspecified atom stereocenters. The summed E-state index contributed by atoms with van der Waals surface area (Å²) in [5.74, 6) is -0.958. The first kappa shape index (κ1) is 18.1. The predicted octanol–water partition coefficient (Wildman–Crippen LogP) is 1.71. The summed E-state index contributed by atoms with van der Waals surface area (Å²) in [5, 5.41) is 0. The van der Waals surface area contributed by atoms with Crippen LogP contribution in [0.15, 0.2) is 23.1 Å². The Balaban J connectivity index is 1.64. The van der Waals surface area contributed by atoms with E-state index < -0.39 is 16.0 Å². The van der Waals surface area contributed by atoms with Crippen molar-refractivity contribution in [3.8, 4) is 0 Å². The number of nitrogens with zero attached hydrogens (tertiary/aromatic N) is 1. The first-order chi connectivity index (χ1) is 11.9. The van der Waals surface area contributed by atoms with Crippen molar-refractivity contribution in [3.05, 3.63) is 29.3 Å². The van der Waals surface area contributed by atoms with Crippen molar-refractivity contribution in [2.75, 3.05) is 19.7 Å². The number of rotatable bonds is 5. The first-order valence-electron chi connectivity index (χ1n) is 8.66. The molecule has 1 fully saturated rings. The number of aryl methyl sites for hydroxylation is 2. The second kappa shape index (κ2) is 7.25. The molecule has 1 aromatic rings. The molecule has 0 amide bonds. The summed E-state index contributed by atoms with van der Waals surface area (Å²) in [6.07, 6.45) is 3.86. The molecule has 1 saturated heterocycles. The van der Waals surface area contributed by atoms with E-state index in [0.717, 1.165) is 24.8 Å². The molecule has 25 heavy (non-hydrogen) atoms. The van der Waals surface area contributed by atoms with Gasteiger partial charge in [0.25, 0.3) is 0 Å². The second-order valence-electron chi connectivity index (χ2n) is 6.77. The summed E-state index contributed by atoms with van der Waals surface area (Å²) < 4.78 is 32.1. The molecule has 3 rings (SSSR count). The third-order valence-electron chi connectivity index (χ3n) is 4.91. The molecular weight excluding hydrogens is 342 g/mol.